The molecule has 0 radical (unpaired) electrons. The van der Waals surface area contributed by atoms with E-state index >= 15 is 0 Å². The van der Waals surface area contributed by atoms with Crippen molar-refractivity contribution in [3.63, 3.8) is 0 Å². The van der Waals surface area contributed by atoms with Crippen LogP contribution in [0.5, 0.6) is 11.5 Å². The number of aliphatic imine (C=N–C) groups is 1. The Bertz CT molecular complexity index is 763. The SMILES string of the molecule is CCNC(=NCCc1cccs1)NC1CCN(Cc2cc(OC)cc(OC)c2)C1.I. The molecule has 1 fully saturated rings. The summed E-state index contributed by atoms with van der Waals surface area (Å²) in [5.74, 6) is 2.58. The van der Waals surface area contributed by atoms with Gasteiger partial charge in [0, 0.05) is 56.1 Å². The monoisotopic (exact) mass is 544 g/mol. The van der Waals surface area contributed by atoms with E-state index in [1.807, 2.05) is 6.07 Å². The Kier molecular flexibility index (Phi) is 10.7. The van der Waals surface area contributed by atoms with Gasteiger partial charge in [-0.1, -0.05) is 6.07 Å². The number of guanidine groups is 1. The number of nitrogens with zero attached hydrogens (tertiary/aromatic N) is 2. The predicted molar refractivity (Wildman–Crippen MR) is 136 cm³/mol. The first-order valence-electron chi connectivity index (χ1n) is 10.2. The molecule has 1 aromatic heterocycles. The molecule has 2 aromatic rings. The lowest BCUT2D eigenvalue weighted by molar-refractivity contribution is 0.321. The minimum Gasteiger partial charge on any atom is -0.497 e. The van der Waals surface area contributed by atoms with Crippen molar-refractivity contribution < 1.29 is 9.47 Å². The van der Waals surface area contributed by atoms with Gasteiger partial charge in [-0.3, -0.25) is 9.89 Å². The summed E-state index contributed by atoms with van der Waals surface area (Å²) in [6.07, 6.45) is 2.10. The summed E-state index contributed by atoms with van der Waals surface area (Å²) >= 11 is 1.79. The number of rotatable bonds is 9. The largest absolute Gasteiger partial charge is 0.497 e. The van der Waals surface area contributed by atoms with Crippen LogP contribution in [0.2, 0.25) is 0 Å². The minimum absolute atomic E-state index is 0. The van der Waals surface area contributed by atoms with E-state index in [-0.39, 0.29) is 24.0 Å². The van der Waals surface area contributed by atoms with Crippen molar-refractivity contribution in [3.8, 4) is 11.5 Å². The predicted octanol–water partition coefficient (Wildman–Crippen LogP) is 3.76. The molecule has 0 amide bonds. The van der Waals surface area contributed by atoms with Crippen molar-refractivity contribution in [2.75, 3.05) is 40.4 Å². The fourth-order valence-electron chi connectivity index (χ4n) is 3.56. The molecule has 2 heterocycles. The molecule has 0 saturated carbocycles. The topological polar surface area (TPSA) is 58.1 Å². The van der Waals surface area contributed by atoms with Gasteiger partial charge in [0.2, 0.25) is 0 Å². The van der Waals surface area contributed by atoms with Crippen LogP contribution in [0.25, 0.3) is 0 Å². The van der Waals surface area contributed by atoms with Crippen LogP contribution in [0, 0.1) is 0 Å². The third-order valence-electron chi connectivity index (χ3n) is 4.98. The first kappa shape index (κ1) is 24.7. The summed E-state index contributed by atoms with van der Waals surface area (Å²) in [5, 5.41) is 9.10. The highest BCUT2D eigenvalue weighted by molar-refractivity contribution is 14.0. The first-order valence-corrected chi connectivity index (χ1v) is 11.1. The Morgan fingerprint density at radius 3 is 2.63 bits per heavy atom. The number of thiophene rings is 1. The number of ether oxygens (including phenoxy) is 2. The molecule has 1 aliphatic heterocycles. The molecule has 6 nitrogen and oxygen atoms in total. The van der Waals surface area contributed by atoms with E-state index in [2.05, 4.69) is 52.1 Å². The normalized spacial score (nSPS) is 16.8. The lowest BCUT2D eigenvalue weighted by Gasteiger charge is -2.19. The van der Waals surface area contributed by atoms with Crippen LogP contribution in [-0.2, 0) is 13.0 Å². The summed E-state index contributed by atoms with van der Waals surface area (Å²) in [4.78, 5) is 8.60. The molecule has 2 N–H and O–H groups in total. The molecule has 166 valence electrons. The van der Waals surface area contributed by atoms with E-state index in [0.717, 1.165) is 63.0 Å². The van der Waals surface area contributed by atoms with Gasteiger partial charge in [0.05, 0.1) is 14.2 Å². The number of hydrogen-bond acceptors (Lipinski definition) is 5. The zero-order chi connectivity index (χ0) is 20.5. The number of methoxy groups -OCH3 is 2. The second kappa shape index (κ2) is 13.0. The average molecular weight is 545 g/mol. The van der Waals surface area contributed by atoms with Crippen molar-refractivity contribution in [2.24, 2.45) is 4.99 Å². The maximum absolute atomic E-state index is 5.39. The van der Waals surface area contributed by atoms with Crippen LogP contribution in [0.4, 0.5) is 0 Å². The van der Waals surface area contributed by atoms with Crippen molar-refractivity contribution in [3.05, 3.63) is 46.2 Å². The van der Waals surface area contributed by atoms with Crippen LogP contribution in [-0.4, -0.2) is 57.3 Å². The summed E-state index contributed by atoms with van der Waals surface area (Å²) in [6, 6.07) is 10.7. The van der Waals surface area contributed by atoms with Crippen molar-refractivity contribution >= 4 is 41.3 Å². The highest BCUT2D eigenvalue weighted by atomic mass is 127. The fourth-order valence-corrected chi connectivity index (χ4v) is 4.25. The van der Waals surface area contributed by atoms with Gasteiger partial charge in [-0.25, -0.2) is 0 Å². The Hall–Kier alpha value is -1.52. The van der Waals surface area contributed by atoms with Crippen LogP contribution in [0.15, 0.2) is 40.7 Å². The number of likely N-dealkylation sites (tertiary alicyclic amines) is 1. The molecule has 1 aliphatic rings. The van der Waals surface area contributed by atoms with Gasteiger partial charge in [0.15, 0.2) is 5.96 Å². The molecule has 0 aliphatic carbocycles. The lowest BCUT2D eigenvalue weighted by atomic mass is 10.2. The Morgan fingerprint density at radius 2 is 2.00 bits per heavy atom. The van der Waals surface area contributed by atoms with Crippen LogP contribution in [0.1, 0.15) is 23.8 Å². The maximum Gasteiger partial charge on any atom is 0.191 e. The smallest absolute Gasteiger partial charge is 0.191 e. The van der Waals surface area contributed by atoms with E-state index in [1.54, 1.807) is 25.6 Å². The molecule has 1 atom stereocenters. The Balaban J connectivity index is 0.00000320. The molecule has 1 aromatic carbocycles. The molecule has 1 unspecified atom stereocenters. The zero-order valence-electron chi connectivity index (χ0n) is 18.0. The van der Waals surface area contributed by atoms with Gasteiger partial charge in [0.1, 0.15) is 11.5 Å². The van der Waals surface area contributed by atoms with Crippen molar-refractivity contribution in [2.45, 2.75) is 32.4 Å². The van der Waals surface area contributed by atoms with Crippen molar-refractivity contribution in [1.29, 1.82) is 0 Å². The molecule has 8 heteroatoms. The minimum atomic E-state index is 0. The lowest BCUT2D eigenvalue weighted by Crippen LogP contribution is -2.44. The van der Waals surface area contributed by atoms with E-state index in [9.17, 15) is 0 Å². The van der Waals surface area contributed by atoms with Crippen LogP contribution >= 0.6 is 35.3 Å². The van der Waals surface area contributed by atoms with Gasteiger partial charge in [-0.2, -0.15) is 0 Å². The molecular formula is C22H33IN4O2S. The third-order valence-corrected chi connectivity index (χ3v) is 5.92. The summed E-state index contributed by atoms with van der Waals surface area (Å²) in [7, 11) is 3.38. The second-order valence-corrected chi connectivity index (χ2v) is 8.21. The van der Waals surface area contributed by atoms with Crippen LogP contribution in [0.3, 0.4) is 0 Å². The number of nitrogens with one attached hydrogen (secondary N) is 2. The highest BCUT2D eigenvalue weighted by Crippen LogP contribution is 2.24. The standard InChI is InChI=1S/C22H32N4O2S.HI/c1-4-23-22(24-9-7-21-6-5-11-29-21)25-18-8-10-26(16-18)15-17-12-19(27-2)14-20(13-17)28-3;/h5-6,11-14,18H,4,7-10,15-16H2,1-3H3,(H2,23,24,25);1H. The third kappa shape index (κ3) is 7.63. The zero-order valence-corrected chi connectivity index (χ0v) is 21.2. The molecule has 3 rings (SSSR count). The number of benzene rings is 1. The van der Waals surface area contributed by atoms with Gasteiger partial charge in [-0.15, -0.1) is 35.3 Å². The van der Waals surface area contributed by atoms with Gasteiger partial charge in [0.25, 0.3) is 0 Å². The first-order chi connectivity index (χ1) is 14.2. The molecular weight excluding hydrogens is 511 g/mol. The number of halogens is 1. The van der Waals surface area contributed by atoms with Gasteiger partial charge in [-0.05, 0) is 42.5 Å². The van der Waals surface area contributed by atoms with E-state index in [0.29, 0.717) is 6.04 Å². The Labute approximate surface area is 201 Å². The molecule has 0 bridgehead atoms. The Morgan fingerprint density at radius 1 is 1.23 bits per heavy atom. The van der Waals surface area contributed by atoms with Gasteiger partial charge < -0.3 is 20.1 Å². The fraction of sp³-hybridized carbons (Fsp3) is 0.500. The highest BCUT2D eigenvalue weighted by Gasteiger charge is 2.23. The summed E-state index contributed by atoms with van der Waals surface area (Å²) in [5.41, 5.74) is 1.21. The number of hydrogen-bond donors (Lipinski definition) is 2. The second-order valence-electron chi connectivity index (χ2n) is 7.18. The quantitative estimate of drug-likeness (QED) is 0.286. The van der Waals surface area contributed by atoms with Gasteiger partial charge >= 0.3 is 0 Å². The van der Waals surface area contributed by atoms with E-state index in [1.165, 1.54) is 10.4 Å². The maximum atomic E-state index is 5.39. The van der Waals surface area contributed by atoms with E-state index in [4.69, 9.17) is 14.5 Å². The molecule has 0 spiro atoms. The average Bonchev–Trinajstić information content (AvgIpc) is 3.40. The molecule has 30 heavy (non-hydrogen) atoms. The summed E-state index contributed by atoms with van der Waals surface area (Å²) in [6.45, 7) is 6.72. The van der Waals surface area contributed by atoms with Crippen molar-refractivity contribution in [1.82, 2.24) is 15.5 Å². The van der Waals surface area contributed by atoms with Crippen LogP contribution < -0.4 is 20.1 Å². The summed E-state index contributed by atoms with van der Waals surface area (Å²) < 4.78 is 10.8. The molecule has 1 saturated heterocycles. The van der Waals surface area contributed by atoms with E-state index < -0.39 is 0 Å².